The summed E-state index contributed by atoms with van der Waals surface area (Å²) in [5.41, 5.74) is 2.50. The van der Waals surface area contributed by atoms with E-state index in [-0.39, 0.29) is 5.91 Å². The van der Waals surface area contributed by atoms with Gasteiger partial charge in [-0.25, -0.2) is 8.42 Å². The Morgan fingerprint density at radius 3 is 2.03 bits per heavy atom. The molecule has 2 heterocycles. The number of sulfonamides is 1. The van der Waals surface area contributed by atoms with Gasteiger partial charge in [-0.05, 0) is 42.7 Å². The summed E-state index contributed by atoms with van der Waals surface area (Å²) in [5.74, 6) is 0.778. The van der Waals surface area contributed by atoms with Crippen LogP contribution < -0.4 is 10.1 Å². The fraction of sp³-hybridized carbons (Fsp3) is 0.269. The van der Waals surface area contributed by atoms with Crippen molar-refractivity contribution in [2.45, 2.75) is 36.6 Å². The van der Waals surface area contributed by atoms with E-state index in [1.165, 1.54) is 0 Å². The van der Waals surface area contributed by atoms with Gasteiger partial charge in [-0.3, -0.25) is 4.79 Å². The summed E-state index contributed by atoms with van der Waals surface area (Å²) in [6.45, 7) is 1.47. The lowest BCUT2D eigenvalue weighted by Gasteiger charge is -2.27. The summed E-state index contributed by atoms with van der Waals surface area (Å²) in [6.07, 6.45) is 2.89. The minimum absolute atomic E-state index is 0.122. The number of piperidine rings is 1. The molecule has 0 saturated carbocycles. The molecule has 1 amide bonds. The third-order valence-electron chi connectivity index (χ3n) is 6.29. The van der Waals surface area contributed by atoms with E-state index < -0.39 is 15.9 Å². The number of nitrogens with zero attached hydrogens (tertiary/aromatic N) is 1. The van der Waals surface area contributed by atoms with E-state index in [0.29, 0.717) is 36.0 Å². The fourth-order valence-electron chi connectivity index (χ4n) is 4.52. The zero-order valence-corrected chi connectivity index (χ0v) is 19.1. The van der Waals surface area contributed by atoms with Gasteiger partial charge in [0.25, 0.3) is 0 Å². The van der Waals surface area contributed by atoms with Crippen molar-refractivity contribution in [1.82, 2.24) is 9.62 Å². The van der Waals surface area contributed by atoms with Crippen molar-refractivity contribution in [3.8, 4) is 11.5 Å². The van der Waals surface area contributed by atoms with Crippen LogP contribution in [0.2, 0.25) is 0 Å². The van der Waals surface area contributed by atoms with Gasteiger partial charge in [0.2, 0.25) is 15.9 Å². The normalized spacial score (nSPS) is 16.4. The minimum Gasteiger partial charge on any atom is -0.457 e. The molecule has 5 rings (SSSR count). The standard InChI is InChI=1S/C26H26N2O4S/c29-26(25-21-8-2-4-10-23(21)32-24-11-5-3-9-22(24)25)27-18-19-12-14-20(15-13-19)33(30,31)28-16-6-1-7-17-28/h2-5,8-15,25H,1,6-7,16-18H2,(H,27,29). The molecular formula is C26H26N2O4S. The Balaban J connectivity index is 1.31. The zero-order valence-electron chi connectivity index (χ0n) is 18.2. The Kier molecular flexibility index (Phi) is 5.91. The monoisotopic (exact) mass is 462 g/mol. The van der Waals surface area contributed by atoms with E-state index in [1.54, 1.807) is 28.6 Å². The molecule has 0 atom stereocenters. The van der Waals surface area contributed by atoms with Gasteiger partial charge in [-0.1, -0.05) is 55.0 Å². The molecule has 7 heteroatoms. The van der Waals surface area contributed by atoms with Crippen LogP contribution in [0.25, 0.3) is 0 Å². The molecule has 2 aliphatic rings. The fourth-order valence-corrected chi connectivity index (χ4v) is 6.03. The summed E-state index contributed by atoms with van der Waals surface area (Å²) in [5, 5.41) is 3.02. The second-order valence-corrected chi connectivity index (χ2v) is 10.4. The average molecular weight is 463 g/mol. The lowest BCUT2D eigenvalue weighted by Crippen LogP contribution is -2.35. The van der Waals surface area contributed by atoms with E-state index in [2.05, 4.69) is 5.32 Å². The summed E-state index contributed by atoms with van der Waals surface area (Å²) in [7, 11) is -3.46. The highest BCUT2D eigenvalue weighted by Gasteiger charge is 2.32. The SMILES string of the molecule is O=C(NCc1ccc(S(=O)(=O)N2CCCCC2)cc1)C1c2ccccc2Oc2ccccc21. The van der Waals surface area contributed by atoms with Crippen molar-refractivity contribution < 1.29 is 17.9 Å². The van der Waals surface area contributed by atoms with Gasteiger partial charge in [-0.2, -0.15) is 4.31 Å². The number of carbonyl (C=O) groups is 1. The first-order valence-corrected chi connectivity index (χ1v) is 12.7. The first-order chi connectivity index (χ1) is 16.0. The number of carbonyl (C=O) groups excluding carboxylic acids is 1. The number of ether oxygens (including phenoxy) is 1. The van der Waals surface area contributed by atoms with Crippen molar-refractivity contribution >= 4 is 15.9 Å². The predicted molar refractivity (Wildman–Crippen MR) is 126 cm³/mol. The van der Waals surface area contributed by atoms with E-state index in [9.17, 15) is 13.2 Å². The van der Waals surface area contributed by atoms with Crippen LogP contribution in [0.5, 0.6) is 11.5 Å². The van der Waals surface area contributed by atoms with Crippen molar-refractivity contribution in [2.24, 2.45) is 0 Å². The van der Waals surface area contributed by atoms with Crippen molar-refractivity contribution in [1.29, 1.82) is 0 Å². The molecular weight excluding hydrogens is 436 g/mol. The quantitative estimate of drug-likeness (QED) is 0.609. The largest absolute Gasteiger partial charge is 0.457 e. The van der Waals surface area contributed by atoms with Crippen LogP contribution >= 0.6 is 0 Å². The third-order valence-corrected chi connectivity index (χ3v) is 8.20. The maximum absolute atomic E-state index is 13.3. The molecule has 1 fully saturated rings. The van der Waals surface area contributed by atoms with Crippen LogP contribution in [-0.2, 0) is 21.4 Å². The van der Waals surface area contributed by atoms with Crippen LogP contribution in [0.4, 0.5) is 0 Å². The van der Waals surface area contributed by atoms with Crippen LogP contribution in [0.15, 0.2) is 77.7 Å². The van der Waals surface area contributed by atoms with E-state index in [1.807, 2.05) is 48.5 Å². The van der Waals surface area contributed by atoms with Gasteiger partial charge in [0.05, 0.1) is 10.8 Å². The number of amides is 1. The molecule has 0 radical (unpaired) electrons. The maximum atomic E-state index is 13.3. The van der Waals surface area contributed by atoms with Crippen molar-refractivity contribution in [3.05, 3.63) is 89.5 Å². The Morgan fingerprint density at radius 2 is 1.42 bits per heavy atom. The van der Waals surface area contributed by atoms with Gasteiger partial charge in [0.1, 0.15) is 11.5 Å². The summed E-state index contributed by atoms with van der Waals surface area (Å²) in [6, 6.07) is 21.9. The molecule has 0 bridgehead atoms. The third kappa shape index (κ3) is 4.26. The number of fused-ring (bicyclic) bond motifs is 2. The molecule has 3 aromatic carbocycles. The average Bonchev–Trinajstić information content (AvgIpc) is 2.86. The first-order valence-electron chi connectivity index (χ1n) is 11.3. The topological polar surface area (TPSA) is 75.7 Å². The van der Waals surface area contributed by atoms with Crippen LogP contribution in [0.3, 0.4) is 0 Å². The molecule has 2 aliphatic heterocycles. The molecule has 0 aliphatic carbocycles. The Hall–Kier alpha value is -3.16. The number of hydrogen-bond acceptors (Lipinski definition) is 4. The van der Waals surface area contributed by atoms with Gasteiger partial charge in [0, 0.05) is 30.8 Å². The number of para-hydroxylation sites is 2. The first kappa shape index (κ1) is 21.7. The van der Waals surface area contributed by atoms with Gasteiger partial charge < -0.3 is 10.1 Å². The molecule has 0 aromatic heterocycles. The van der Waals surface area contributed by atoms with Crippen LogP contribution in [0, 0.1) is 0 Å². The van der Waals surface area contributed by atoms with Crippen molar-refractivity contribution in [2.75, 3.05) is 13.1 Å². The molecule has 1 saturated heterocycles. The highest BCUT2D eigenvalue weighted by molar-refractivity contribution is 7.89. The van der Waals surface area contributed by atoms with Crippen LogP contribution in [-0.4, -0.2) is 31.7 Å². The van der Waals surface area contributed by atoms with E-state index >= 15 is 0 Å². The summed E-state index contributed by atoms with van der Waals surface area (Å²) in [4.78, 5) is 13.6. The smallest absolute Gasteiger partial charge is 0.243 e. The number of benzene rings is 3. The Bertz CT molecular complexity index is 1220. The van der Waals surface area contributed by atoms with Gasteiger partial charge in [0.15, 0.2) is 0 Å². The molecule has 6 nitrogen and oxygen atoms in total. The lowest BCUT2D eigenvalue weighted by molar-refractivity contribution is -0.122. The number of hydrogen-bond donors (Lipinski definition) is 1. The summed E-state index contributed by atoms with van der Waals surface area (Å²) >= 11 is 0. The van der Waals surface area contributed by atoms with E-state index in [0.717, 1.165) is 36.0 Å². The van der Waals surface area contributed by atoms with E-state index in [4.69, 9.17) is 4.74 Å². The van der Waals surface area contributed by atoms with Gasteiger partial charge in [-0.15, -0.1) is 0 Å². The number of rotatable bonds is 5. The maximum Gasteiger partial charge on any atom is 0.243 e. The van der Waals surface area contributed by atoms with Crippen LogP contribution in [0.1, 0.15) is 41.9 Å². The predicted octanol–water partition coefficient (Wildman–Crippen LogP) is 4.42. The molecule has 3 aromatic rings. The summed E-state index contributed by atoms with van der Waals surface area (Å²) < 4.78 is 33.2. The molecule has 0 unspecified atom stereocenters. The molecule has 33 heavy (non-hydrogen) atoms. The Morgan fingerprint density at radius 1 is 0.848 bits per heavy atom. The lowest BCUT2D eigenvalue weighted by atomic mass is 9.87. The highest BCUT2D eigenvalue weighted by Crippen LogP contribution is 2.43. The second kappa shape index (κ2) is 9.00. The molecule has 170 valence electrons. The highest BCUT2D eigenvalue weighted by atomic mass is 32.2. The minimum atomic E-state index is -3.46. The number of nitrogens with one attached hydrogen (secondary N) is 1. The van der Waals surface area contributed by atoms with Gasteiger partial charge >= 0.3 is 0 Å². The second-order valence-electron chi connectivity index (χ2n) is 8.44. The van der Waals surface area contributed by atoms with Crippen molar-refractivity contribution in [3.63, 3.8) is 0 Å². The molecule has 0 spiro atoms. The Labute approximate surface area is 194 Å². The zero-order chi connectivity index (χ0) is 22.8. The molecule has 1 N–H and O–H groups in total.